The fourth-order valence-electron chi connectivity index (χ4n) is 1.81. The van der Waals surface area contributed by atoms with E-state index in [0.717, 1.165) is 0 Å². The summed E-state index contributed by atoms with van der Waals surface area (Å²) in [5.74, 6) is 0. The van der Waals surface area contributed by atoms with Crippen LogP contribution >= 0.6 is 0 Å². The number of aromatic amines is 1. The molecule has 1 rings (SSSR count). The summed E-state index contributed by atoms with van der Waals surface area (Å²) in [6.45, 7) is 3.07. The molecule has 0 aliphatic rings. The number of nitrogens with zero attached hydrogens (tertiary/aromatic N) is 2. The molecule has 0 unspecified atom stereocenters. The smallest absolute Gasteiger partial charge is 0.246 e. The lowest BCUT2D eigenvalue weighted by molar-refractivity contribution is 0.189. The summed E-state index contributed by atoms with van der Waals surface area (Å²) in [4.78, 5) is 0.266. The molecule has 0 amide bonds. The van der Waals surface area contributed by atoms with E-state index < -0.39 is 10.0 Å². The monoisotopic (exact) mass is 290 g/mol. The van der Waals surface area contributed by atoms with Crippen molar-refractivity contribution in [2.24, 2.45) is 0 Å². The van der Waals surface area contributed by atoms with E-state index in [1.807, 2.05) is 0 Å². The zero-order chi connectivity index (χ0) is 14.5. The molecule has 0 fully saturated rings. The van der Waals surface area contributed by atoms with Gasteiger partial charge in [0.25, 0.3) is 0 Å². The second kappa shape index (κ2) is 6.99. The number of aryl methyl sites for hydroxylation is 1. The Morgan fingerprint density at radius 3 is 2.74 bits per heavy atom. The third-order valence-electron chi connectivity index (χ3n) is 2.80. The molecule has 0 aliphatic carbocycles. The predicted molar refractivity (Wildman–Crippen MR) is 72.4 cm³/mol. The van der Waals surface area contributed by atoms with E-state index in [2.05, 4.69) is 15.5 Å². The number of methoxy groups -OCH3 is 1. The van der Waals surface area contributed by atoms with E-state index >= 15 is 0 Å². The predicted octanol–water partition coefficient (Wildman–Crippen LogP) is 0.0945. The summed E-state index contributed by atoms with van der Waals surface area (Å²) in [5.41, 5.74) is 1.07. The molecule has 0 bridgehead atoms. The largest absolute Gasteiger partial charge is 0.385 e. The Labute approximate surface area is 114 Å². The van der Waals surface area contributed by atoms with E-state index in [9.17, 15) is 8.42 Å². The van der Waals surface area contributed by atoms with Gasteiger partial charge in [-0.15, -0.1) is 0 Å². The van der Waals surface area contributed by atoms with Gasteiger partial charge in [-0.1, -0.05) is 0 Å². The number of ether oxygens (including phenoxy) is 1. The van der Waals surface area contributed by atoms with Crippen molar-refractivity contribution in [3.05, 3.63) is 11.4 Å². The van der Waals surface area contributed by atoms with E-state index in [-0.39, 0.29) is 4.90 Å². The minimum atomic E-state index is -3.52. The van der Waals surface area contributed by atoms with Crippen molar-refractivity contribution < 1.29 is 13.2 Å². The van der Waals surface area contributed by atoms with Gasteiger partial charge in [-0.2, -0.15) is 5.10 Å². The maximum Gasteiger partial charge on any atom is 0.246 e. The summed E-state index contributed by atoms with van der Waals surface area (Å²) in [5, 5.41) is 9.68. The van der Waals surface area contributed by atoms with Crippen LogP contribution in [0.25, 0.3) is 0 Å². The summed E-state index contributed by atoms with van der Waals surface area (Å²) in [7, 11) is 1.40. The van der Waals surface area contributed by atoms with Crippen LogP contribution in [0.5, 0.6) is 0 Å². The van der Waals surface area contributed by atoms with E-state index in [1.54, 1.807) is 28.1 Å². The Hall–Kier alpha value is -0.960. The molecule has 0 saturated heterocycles. The zero-order valence-electron chi connectivity index (χ0n) is 11.9. The van der Waals surface area contributed by atoms with E-state index in [4.69, 9.17) is 4.74 Å². The SMILES string of the molecule is CNCc1n[nH]c(C)c1S(=O)(=O)N(C)CCCOC. The van der Waals surface area contributed by atoms with Crippen LogP contribution in [0.4, 0.5) is 0 Å². The molecular weight excluding hydrogens is 268 g/mol. The molecule has 1 aromatic heterocycles. The normalized spacial score (nSPS) is 12.3. The highest BCUT2D eigenvalue weighted by atomic mass is 32.2. The third kappa shape index (κ3) is 3.75. The Morgan fingerprint density at radius 2 is 2.16 bits per heavy atom. The number of sulfonamides is 1. The highest BCUT2D eigenvalue weighted by Gasteiger charge is 2.27. The lowest BCUT2D eigenvalue weighted by Crippen LogP contribution is -2.30. The van der Waals surface area contributed by atoms with Gasteiger partial charge in [-0.25, -0.2) is 12.7 Å². The molecule has 1 heterocycles. The van der Waals surface area contributed by atoms with Gasteiger partial charge >= 0.3 is 0 Å². The zero-order valence-corrected chi connectivity index (χ0v) is 12.7. The van der Waals surface area contributed by atoms with E-state index in [0.29, 0.717) is 37.5 Å². The molecular formula is C11H22N4O3S. The lowest BCUT2D eigenvalue weighted by Gasteiger charge is -2.17. The average Bonchev–Trinajstić information content (AvgIpc) is 2.71. The Bertz CT molecular complexity index is 498. The summed E-state index contributed by atoms with van der Waals surface area (Å²) in [6, 6.07) is 0. The van der Waals surface area contributed by atoms with Crippen molar-refractivity contribution >= 4 is 10.0 Å². The number of hydrogen-bond acceptors (Lipinski definition) is 5. The fraction of sp³-hybridized carbons (Fsp3) is 0.727. The van der Waals surface area contributed by atoms with Gasteiger partial charge in [-0.3, -0.25) is 5.10 Å². The van der Waals surface area contributed by atoms with Crippen molar-refractivity contribution in [3.8, 4) is 0 Å². The van der Waals surface area contributed by atoms with Gasteiger partial charge in [0.2, 0.25) is 10.0 Å². The molecule has 19 heavy (non-hydrogen) atoms. The molecule has 0 saturated carbocycles. The second-order valence-electron chi connectivity index (χ2n) is 4.33. The number of hydrogen-bond donors (Lipinski definition) is 2. The highest BCUT2D eigenvalue weighted by Crippen LogP contribution is 2.21. The van der Waals surface area contributed by atoms with Crippen LogP contribution in [0.2, 0.25) is 0 Å². The van der Waals surface area contributed by atoms with Crippen LogP contribution in [0.15, 0.2) is 4.90 Å². The van der Waals surface area contributed by atoms with Gasteiger partial charge in [-0.05, 0) is 20.4 Å². The molecule has 0 atom stereocenters. The summed E-state index contributed by atoms with van der Waals surface area (Å²) < 4.78 is 31.3. The van der Waals surface area contributed by atoms with Gasteiger partial charge in [0.1, 0.15) is 4.90 Å². The van der Waals surface area contributed by atoms with Crippen LogP contribution in [0, 0.1) is 6.92 Å². The van der Waals surface area contributed by atoms with Crippen LogP contribution in [-0.4, -0.2) is 57.3 Å². The molecule has 2 N–H and O–H groups in total. The third-order valence-corrected chi connectivity index (χ3v) is 4.86. The molecule has 1 aromatic rings. The lowest BCUT2D eigenvalue weighted by atomic mass is 10.4. The molecule has 7 nitrogen and oxygen atoms in total. The van der Waals surface area contributed by atoms with Crippen molar-refractivity contribution in [1.29, 1.82) is 0 Å². The van der Waals surface area contributed by atoms with Crippen LogP contribution in [0.1, 0.15) is 17.8 Å². The maximum atomic E-state index is 12.5. The maximum absolute atomic E-state index is 12.5. The van der Waals surface area contributed by atoms with Crippen molar-refractivity contribution in [1.82, 2.24) is 19.8 Å². The number of rotatable bonds is 8. The van der Waals surface area contributed by atoms with Crippen LogP contribution < -0.4 is 5.32 Å². The summed E-state index contributed by atoms with van der Waals surface area (Å²) in [6.07, 6.45) is 0.657. The highest BCUT2D eigenvalue weighted by molar-refractivity contribution is 7.89. The van der Waals surface area contributed by atoms with Crippen LogP contribution in [0.3, 0.4) is 0 Å². The molecule has 0 aliphatic heterocycles. The topological polar surface area (TPSA) is 87.3 Å². The number of aromatic nitrogens is 2. The Balaban J connectivity index is 2.96. The Kier molecular flexibility index (Phi) is 5.92. The number of H-pyrrole nitrogens is 1. The molecule has 0 aromatic carbocycles. The fourth-order valence-corrected chi connectivity index (χ4v) is 3.34. The van der Waals surface area contributed by atoms with Crippen molar-refractivity contribution in [2.45, 2.75) is 24.8 Å². The van der Waals surface area contributed by atoms with E-state index in [1.165, 1.54) is 4.31 Å². The second-order valence-corrected chi connectivity index (χ2v) is 6.31. The average molecular weight is 290 g/mol. The quantitative estimate of drug-likeness (QED) is 0.663. The first-order valence-corrected chi connectivity index (χ1v) is 7.52. The standard InChI is InChI=1S/C11H22N4O3S/c1-9-11(10(8-12-2)14-13-9)19(16,17)15(3)6-5-7-18-4/h12H,5-8H2,1-4H3,(H,13,14). The molecule has 0 spiro atoms. The first kappa shape index (κ1) is 16.1. The van der Waals surface area contributed by atoms with Gasteiger partial charge in [0.15, 0.2) is 0 Å². The molecule has 110 valence electrons. The summed E-state index contributed by atoms with van der Waals surface area (Å²) >= 11 is 0. The molecule has 8 heteroatoms. The minimum absolute atomic E-state index is 0.266. The van der Waals surface area contributed by atoms with Crippen molar-refractivity contribution in [2.75, 3.05) is 34.4 Å². The van der Waals surface area contributed by atoms with Crippen LogP contribution in [-0.2, 0) is 21.3 Å². The van der Waals surface area contributed by atoms with Crippen molar-refractivity contribution in [3.63, 3.8) is 0 Å². The molecule has 0 radical (unpaired) electrons. The first-order valence-electron chi connectivity index (χ1n) is 6.08. The first-order chi connectivity index (χ1) is 8.95. The minimum Gasteiger partial charge on any atom is -0.385 e. The van der Waals surface area contributed by atoms with Gasteiger partial charge in [0.05, 0.1) is 11.4 Å². The van der Waals surface area contributed by atoms with Gasteiger partial charge < -0.3 is 10.1 Å². The Morgan fingerprint density at radius 1 is 1.47 bits per heavy atom. The van der Waals surface area contributed by atoms with Gasteiger partial charge in [0, 0.05) is 33.9 Å². The number of nitrogens with one attached hydrogen (secondary N) is 2.